The van der Waals surface area contributed by atoms with Crippen LogP contribution in [0.4, 0.5) is 27.8 Å². The van der Waals surface area contributed by atoms with Crippen molar-refractivity contribution in [1.29, 1.82) is 0 Å². The van der Waals surface area contributed by atoms with Gasteiger partial charge in [-0.1, -0.05) is 17.7 Å². The van der Waals surface area contributed by atoms with Crippen molar-refractivity contribution in [1.82, 2.24) is 29.8 Å². The lowest BCUT2D eigenvalue weighted by molar-refractivity contribution is -0.384. The van der Waals surface area contributed by atoms with Gasteiger partial charge in [0, 0.05) is 50.1 Å². The maximum absolute atomic E-state index is 13.0. The van der Waals surface area contributed by atoms with Gasteiger partial charge in [0.25, 0.3) is 5.69 Å². The van der Waals surface area contributed by atoms with E-state index in [1.165, 1.54) is 19.4 Å². The highest BCUT2D eigenvalue weighted by atomic mass is 35.5. The lowest BCUT2D eigenvalue weighted by Gasteiger charge is -2.37. The normalized spacial score (nSPS) is 14.1. The van der Waals surface area contributed by atoms with Gasteiger partial charge in [0.15, 0.2) is 0 Å². The summed E-state index contributed by atoms with van der Waals surface area (Å²) in [6.07, 6.45) is 4.22. The molecule has 4 heterocycles. The molecule has 5 rings (SSSR count). The number of nitrogens with one attached hydrogen (secondary N) is 2. The molecule has 0 spiro atoms. The van der Waals surface area contributed by atoms with Crippen LogP contribution >= 0.6 is 11.6 Å². The number of amides is 2. The van der Waals surface area contributed by atoms with Crippen molar-refractivity contribution in [2.24, 2.45) is 0 Å². The lowest BCUT2D eigenvalue weighted by atomic mass is 10.1. The molecule has 1 aliphatic rings. The number of fused-ring (bicyclic) bond motifs is 1. The molecule has 4 aromatic rings. The Labute approximate surface area is 269 Å². The van der Waals surface area contributed by atoms with Gasteiger partial charge >= 0.3 is 6.09 Å². The van der Waals surface area contributed by atoms with Gasteiger partial charge < -0.3 is 29.9 Å². The zero-order valence-electron chi connectivity index (χ0n) is 26.0. The molecule has 0 saturated carbocycles. The maximum Gasteiger partial charge on any atom is 0.408 e. The van der Waals surface area contributed by atoms with Crippen LogP contribution in [0.15, 0.2) is 48.9 Å². The number of piperazine rings is 1. The summed E-state index contributed by atoms with van der Waals surface area (Å²) in [5.41, 5.74) is 1.68. The van der Waals surface area contributed by atoms with E-state index in [0.717, 1.165) is 5.52 Å². The summed E-state index contributed by atoms with van der Waals surface area (Å²) in [5, 5.41) is 22.5. The zero-order valence-corrected chi connectivity index (χ0v) is 26.7. The molecule has 2 N–H and O–H groups in total. The van der Waals surface area contributed by atoms with Crippen molar-refractivity contribution in [2.75, 3.05) is 43.5 Å². The van der Waals surface area contributed by atoms with Crippen molar-refractivity contribution in [3.05, 3.63) is 64.1 Å². The van der Waals surface area contributed by atoms with Gasteiger partial charge in [0.05, 0.1) is 46.3 Å². The van der Waals surface area contributed by atoms with Crippen molar-refractivity contribution in [3.8, 4) is 17.0 Å². The van der Waals surface area contributed by atoms with E-state index in [4.69, 9.17) is 21.1 Å². The van der Waals surface area contributed by atoms with E-state index in [1.807, 2.05) is 23.1 Å². The molecule has 1 atom stereocenters. The second kappa shape index (κ2) is 13.0. The van der Waals surface area contributed by atoms with Gasteiger partial charge in [0.2, 0.25) is 11.9 Å². The number of carbonyl (C=O) groups is 2. The molecule has 15 nitrogen and oxygen atoms in total. The summed E-state index contributed by atoms with van der Waals surface area (Å²) in [6, 6.07) is 7.76. The van der Waals surface area contributed by atoms with Gasteiger partial charge in [-0.05, 0) is 39.8 Å². The van der Waals surface area contributed by atoms with Crippen LogP contribution < -0.4 is 20.3 Å². The first kappa shape index (κ1) is 32.2. The Morgan fingerprint density at radius 2 is 1.87 bits per heavy atom. The number of nitrogens with zero attached hydrogens (tertiary/aromatic N) is 7. The molecule has 16 heteroatoms. The summed E-state index contributed by atoms with van der Waals surface area (Å²) in [4.78, 5) is 49.2. The molecular weight excluding hydrogens is 618 g/mol. The Morgan fingerprint density at radius 3 is 2.54 bits per heavy atom. The van der Waals surface area contributed by atoms with E-state index in [1.54, 1.807) is 55.6 Å². The Kier molecular flexibility index (Phi) is 9.14. The number of carbonyl (C=O) groups excluding carboxylic acids is 2. The van der Waals surface area contributed by atoms with Gasteiger partial charge in [0.1, 0.15) is 23.1 Å². The Balaban J connectivity index is 1.33. The smallest absolute Gasteiger partial charge is 0.408 e. The average molecular weight is 652 g/mol. The van der Waals surface area contributed by atoms with Crippen molar-refractivity contribution < 1.29 is 24.0 Å². The minimum absolute atomic E-state index is 0.149. The highest BCUT2D eigenvalue weighted by Crippen LogP contribution is 2.40. The molecule has 0 aliphatic carbocycles. The quantitative estimate of drug-likeness (QED) is 0.201. The number of aromatic nitrogens is 4. The van der Waals surface area contributed by atoms with Gasteiger partial charge in [-0.15, -0.1) is 0 Å². The average Bonchev–Trinajstić information content (AvgIpc) is 3.44. The van der Waals surface area contributed by atoms with E-state index >= 15 is 0 Å². The number of pyridine rings is 1. The predicted molar refractivity (Wildman–Crippen MR) is 172 cm³/mol. The largest absolute Gasteiger partial charge is 0.494 e. The summed E-state index contributed by atoms with van der Waals surface area (Å²) < 4.78 is 12.5. The monoisotopic (exact) mass is 651 g/mol. The third-order valence-corrected chi connectivity index (χ3v) is 7.48. The highest BCUT2D eigenvalue weighted by Gasteiger charge is 2.31. The number of nitro groups is 1. The number of halogens is 1. The van der Waals surface area contributed by atoms with Crippen LogP contribution in [0, 0.1) is 10.1 Å². The number of anilines is 3. The number of alkyl carbamates (subject to hydrolysis) is 1. The van der Waals surface area contributed by atoms with Crippen LogP contribution in [0.1, 0.15) is 27.7 Å². The molecule has 46 heavy (non-hydrogen) atoms. The standard InChI is InChI=1S/C30H34ClN9O6/c1-18(34-29(42)46-30(2,3)4)27(41)38-12-10-37(11-13-38)23-15-25(45-5)21(14-24(23)40(43)44)35-28-32-17-20(31)26(36-28)19-16-33-39-9-7-6-8-22(19)39/h6-9,14-18H,10-13H2,1-5H3,(H,34,42)(H,32,35,36). The second-order valence-electron chi connectivity index (χ2n) is 11.6. The first-order valence-electron chi connectivity index (χ1n) is 14.5. The summed E-state index contributed by atoms with van der Waals surface area (Å²) >= 11 is 6.46. The molecule has 2 amide bonds. The van der Waals surface area contributed by atoms with Crippen LogP contribution in [-0.2, 0) is 9.53 Å². The van der Waals surface area contributed by atoms with Crippen LogP contribution in [0.5, 0.6) is 5.75 Å². The predicted octanol–water partition coefficient (Wildman–Crippen LogP) is 4.67. The summed E-state index contributed by atoms with van der Waals surface area (Å²) in [6.45, 7) is 8.04. The number of nitro benzene ring substituents is 1. The molecule has 3 aromatic heterocycles. The number of ether oxygens (including phenoxy) is 2. The molecule has 0 bridgehead atoms. The first-order chi connectivity index (χ1) is 21.8. The second-order valence-corrected chi connectivity index (χ2v) is 12.0. The fourth-order valence-corrected chi connectivity index (χ4v) is 5.26. The van der Waals surface area contributed by atoms with E-state index in [0.29, 0.717) is 53.9 Å². The highest BCUT2D eigenvalue weighted by molar-refractivity contribution is 6.33. The topological polar surface area (TPSA) is 169 Å². The van der Waals surface area contributed by atoms with Crippen molar-refractivity contribution in [3.63, 3.8) is 0 Å². The Bertz CT molecular complexity index is 1780. The molecule has 1 saturated heterocycles. The minimum Gasteiger partial charge on any atom is -0.494 e. The number of rotatable bonds is 8. The number of hydrogen-bond acceptors (Lipinski definition) is 11. The lowest BCUT2D eigenvalue weighted by Crippen LogP contribution is -2.54. The third-order valence-electron chi connectivity index (χ3n) is 7.20. The van der Waals surface area contributed by atoms with E-state index < -0.39 is 22.7 Å². The maximum atomic E-state index is 13.0. The van der Waals surface area contributed by atoms with Crippen LogP contribution in [0.3, 0.4) is 0 Å². The minimum atomic E-state index is -0.801. The molecular formula is C30H34ClN9O6. The number of methoxy groups -OCH3 is 1. The van der Waals surface area contributed by atoms with Gasteiger partial charge in [-0.25, -0.2) is 19.3 Å². The Morgan fingerprint density at radius 1 is 1.13 bits per heavy atom. The van der Waals surface area contributed by atoms with E-state index in [-0.39, 0.29) is 23.2 Å². The van der Waals surface area contributed by atoms with Crippen molar-refractivity contribution in [2.45, 2.75) is 39.3 Å². The zero-order chi connectivity index (χ0) is 33.2. The molecule has 1 fully saturated rings. The van der Waals surface area contributed by atoms with E-state index in [9.17, 15) is 19.7 Å². The molecule has 1 unspecified atom stereocenters. The molecule has 0 radical (unpaired) electrons. The molecule has 242 valence electrons. The Hall–Kier alpha value is -5.18. The third kappa shape index (κ3) is 7.04. The van der Waals surface area contributed by atoms with Gasteiger partial charge in [-0.3, -0.25) is 14.9 Å². The SMILES string of the molecule is COc1cc(N2CCN(C(=O)C(C)NC(=O)OC(C)(C)C)CC2)c([N+](=O)[O-])cc1Nc1ncc(Cl)c(-c2cnn3ccccc23)n1. The first-order valence-corrected chi connectivity index (χ1v) is 14.8. The fourth-order valence-electron chi connectivity index (χ4n) is 5.07. The van der Waals surface area contributed by atoms with Crippen LogP contribution in [-0.4, -0.2) is 86.3 Å². The number of hydrogen-bond donors (Lipinski definition) is 2. The molecule has 1 aliphatic heterocycles. The van der Waals surface area contributed by atoms with E-state index in [2.05, 4.69) is 25.7 Å². The number of benzene rings is 1. The molecule has 1 aromatic carbocycles. The summed E-state index contributed by atoms with van der Waals surface area (Å²) in [5.74, 6) is 0.199. The van der Waals surface area contributed by atoms with Crippen LogP contribution in [0.2, 0.25) is 5.02 Å². The van der Waals surface area contributed by atoms with Crippen molar-refractivity contribution >= 4 is 52.1 Å². The fraction of sp³-hybridized carbons (Fsp3) is 0.367. The van der Waals surface area contributed by atoms with Crippen LogP contribution in [0.25, 0.3) is 16.8 Å². The van der Waals surface area contributed by atoms with Gasteiger partial charge in [-0.2, -0.15) is 5.10 Å². The summed E-state index contributed by atoms with van der Waals surface area (Å²) in [7, 11) is 1.46.